The van der Waals surface area contributed by atoms with Gasteiger partial charge in [-0.05, 0) is 47.2 Å². The number of carbonyl (C=O) groups is 1. The van der Waals surface area contributed by atoms with Crippen LogP contribution in [0, 0.1) is 0 Å². The number of aromatic nitrogens is 5. The molecule has 208 valence electrons. The molecule has 0 spiro atoms. The number of piperazine rings is 1. The Morgan fingerprint density at radius 2 is 2.00 bits per heavy atom. The molecular formula is C25H26Cl2N10O3. The molecule has 0 radical (unpaired) electrons. The normalized spacial score (nSPS) is 14.6. The van der Waals surface area contributed by atoms with Crippen LogP contribution in [0.5, 0.6) is 5.75 Å². The van der Waals surface area contributed by atoms with Gasteiger partial charge in [0.2, 0.25) is 11.6 Å². The fourth-order valence-electron chi connectivity index (χ4n) is 4.05. The van der Waals surface area contributed by atoms with Crippen LogP contribution in [0.25, 0.3) is 5.82 Å². The molecule has 0 aliphatic carbocycles. The molecule has 3 heterocycles. The topological polar surface area (TPSA) is 153 Å². The number of hydrogen-bond acceptors (Lipinski definition) is 11. The predicted octanol–water partition coefficient (Wildman–Crippen LogP) is 2.63. The Morgan fingerprint density at radius 3 is 2.75 bits per heavy atom. The summed E-state index contributed by atoms with van der Waals surface area (Å²) in [4.78, 5) is 17.5. The van der Waals surface area contributed by atoms with Gasteiger partial charge in [0.25, 0.3) is 5.91 Å². The quantitative estimate of drug-likeness (QED) is 0.221. The summed E-state index contributed by atoms with van der Waals surface area (Å²) < 4.78 is 12.0. The maximum Gasteiger partial charge on any atom is 0.293 e. The van der Waals surface area contributed by atoms with Gasteiger partial charge in [-0.15, -0.1) is 5.10 Å². The smallest absolute Gasteiger partial charge is 0.293 e. The summed E-state index contributed by atoms with van der Waals surface area (Å²) in [5.74, 6) is 0.273. The molecule has 1 aliphatic rings. The van der Waals surface area contributed by atoms with E-state index in [-0.39, 0.29) is 23.9 Å². The molecule has 4 aromatic rings. The molecular weight excluding hydrogens is 559 g/mol. The molecule has 5 rings (SSSR count). The van der Waals surface area contributed by atoms with Crippen molar-refractivity contribution in [3.8, 4) is 11.6 Å². The highest BCUT2D eigenvalue weighted by atomic mass is 35.5. The molecule has 3 N–H and O–H groups in total. The summed E-state index contributed by atoms with van der Waals surface area (Å²) in [6.07, 6.45) is 1.50. The number of nitrogens with two attached hydrogens (primary N) is 1. The Hall–Kier alpha value is -4.04. The minimum Gasteiger partial charge on any atom is -0.489 e. The Bertz CT molecular complexity index is 1510. The number of rotatable bonds is 9. The number of amides is 1. The fourth-order valence-corrected chi connectivity index (χ4v) is 4.51. The van der Waals surface area contributed by atoms with Gasteiger partial charge < -0.3 is 15.4 Å². The number of anilines is 1. The second kappa shape index (κ2) is 12.4. The first-order chi connectivity index (χ1) is 19.4. The van der Waals surface area contributed by atoms with Crippen molar-refractivity contribution in [3.05, 3.63) is 75.0 Å². The highest BCUT2D eigenvalue weighted by molar-refractivity contribution is 6.35. The van der Waals surface area contributed by atoms with Crippen LogP contribution in [0.15, 0.2) is 52.2 Å². The van der Waals surface area contributed by atoms with Crippen molar-refractivity contribution < 1.29 is 14.2 Å². The van der Waals surface area contributed by atoms with Crippen LogP contribution in [0.3, 0.4) is 0 Å². The number of nitrogens with one attached hydrogen (secondary N) is 1. The maximum absolute atomic E-state index is 13.1. The lowest BCUT2D eigenvalue weighted by molar-refractivity contribution is 0.0946. The lowest BCUT2D eigenvalue weighted by Gasteiger charge is -2.32. The van der Waals surface area contributed by atoms with Crippen molar-refractivity contribution in [1.82, 2.24) is 40.5 Å². The van der Waals surface area contributed by atoms with E-state index in [2.05, 4.69) is 48.0 Å². The van der Waals surface area contributed by atoms with Gasteiger partial charge in [-0.1, -0.05) is 46.6 Å². The molecule has 1 saturated heterocycles. The van der Waals surface area contributed by atoms with E-state index in [1.807, 2.05) is 24.3 Å². The van der Waals surface area contributed by atoms with E-state index >= 15 is 0 Å². The van der Waals surface area contributed by atoms with Crippen LogP contribution < -0.4 is 15.9 Å². The van der Waals surface area contributed by atoms with Gasteiger partial charge >= 0.3 is 0 Å². The standard InChI is InChI=1S/C25H26Cl2N10O3/c1-35-7-9-36(10-8-35)14-21-22(30-34-37(21)24-23(28)32-40-33-24)25(38)31-29-13-16-3-2-4-19(11-16)39-15-17-5-6-18(26)12-20(17)27/h2-6,11-13H,7-10,14-15H2,1H3,(H2,28,32)(H,31,38). The number of ether oxygens (including phenoxy) is 1. The zero-order valence-electron chi connectivity index (χ0n) is 21.5. The van der Waals surface area contributed by atoms with Crippen LogP contribution in [0.4, 0.5) is 5.82 Å². The molecule has 1 aliphatic heterocycles. The van der Waals surface area contributed by atoms with Crippen molar-refractivity contribution in [2.75, 3.05) is 39.0 Å². The van der Waals surface area contributed by atoms with Crippen molar-refractivity contribution in [3.63, 3.8) is 0 Å². The van der Waals surface area contributed by atoms with E-state index in [9.17, 15) is 4.79 Å². The lowest BCUT2D eigenvalue weighted by Crippen LogP contribution is -2.44. The number of hydrogen-bond donors (Lipinski definition) is 2. The van der Waals surface area contributed by atoms with Crippen LogP contribution in [-0.2, 0) is 13.2 Å². The van der Waals surface area contributed by atoms with Crippen molar-refractivity contribution >= 4 is 41.1 Å². The van der Waals surface area contributed by atoms with E-state index in [1.54, 1.807) is 18.2 Å². The van der Waals surface area contributed by atoms with E-state index in [1.165, 1.54) is 10.9 Å². The van der Waals surface area contributed by atoms with Gasteiger partial charge in [0.15, 0.2) is 5.69 Å². The summed E-state index contributed by atoms with van der Waals surface area (Å²) in [6.45, 7) is 4.10. The molecule has 2 aromatic carbocycles. The minimum absolute atomic E-state index is 0.0370. The third kappa shape index (κ3) is 6.57. The van der Waals surface area contributed by atoms with E-state index in [0.29, 0.717) is 33.6 Å². The molecule has 1 amide bonds. The van der Waals surface area contributed by atoms with Crippen LogP contribution >= 0.6 is 23.2 Å². The van der Waals surface area contributed by atoms with Gasteiger partial charge in [-0.3, -0.25) is 9.69 Å². The Labute approximate surface area is 239 Å². The molecule has 15 heteroatoms. The molecule has 40 heavy (non-hydrogen) atoms. The van der Waals surface area contributed by atoms with E-state index < -0.39 is 5.91 Å². The number of nitrogen functional groups attached to an aromatic ring is 1. The van der Waals surface area contributed by atoms with Gasteiger partial charge in [0, 0.05) is 48.3 Å². The first-order valence-electron chi connectivity index (χ1n) is 12.3. The van der Waals surface area contributed by atoms with Crippen LogP contribution in [-0.4, -0.2) is 80.5 Å². The van der Waals surface area contributed by atoms with Crippen molar-refractivity contribution in [2.24, 2.45) is 5.10 Å². The second-order valence-corrected chi connectivity index (χ2v) is 9.99. The highest BCUT2D eigenvalue weighted by Gasteiger charge is 2.26. The summed E-state index contributed by atoms with van der Waals surface area (Å²) in [7, 11) is 2.07. The summed E-state index contributed by atoms with van der Waals surface area (Å²) in [6, 6.07) is 12.5. The molecule has 0 unspecified atom stereocenters. The van der Waals surface area contributed by atoms with Gasteiger partial charge in [0.05, 0.1) is 11.9 Å². The van der Waals surface area contributed by atoms with Crippen molar-refractivity contribution in [1.29, 1.82) is 0 Å². The number of likely N-dealkylation sites (N-methyl/N-ethyl adjacent to an activating group) is 1. The van der Waals surface area contributed by atoms with Crippen LogP contribution in [0.2, 0.25) is 10.0 Å². The number of benzene rings is 2. The van der Waals surface area contributed by atoms with Crippen molar-refractivity contribution in [2.45, 2.75) is 13.2 Å². The molecule has 13 nitrogen and oxygen atoms in total. The lowest BCUT2D eigenvalue weighted by atomic mass is 10.2. The Balaban J connectivity index is 1.27. The monoisotopic (exact) mass is 584 g/mol. The molecule has 0 bridgehead atoms. The summed E-state index contributed by atoms with van der Waals surface area (Å²) >= 11 is 12.2. The van der Waals surface area contributed by atoms with Gasteiger partial charge in [-0.2, -0.15) is 9.78 Å². The molecule has 1 fully saturated rings. The average Bonchev–Trinajstić information content (AvgIpc) is 3.55. The third-order valence-corrected chi connectivity index (χ3v) is 6.88. The third-order valence-electron chi connectivity index (χ3n) is 6.29. The SMILES string of the molecule is CN1CCN(Cc2c(C(=O)NN=Cc3cccc(OCc4ccc(Cl)cc4Cl)c3)nnn2-c2nonc2N)CC1. The largest absolute Gasteiger partial charge is 0.489 e. The van der Waals surface area contributed by atoms with Crippen LogP contribution in [0.1, 0.15) is 27.3 Å². The Kier molecular flexibility index (Phi) is 8.55. The fraction of sp³-hybridized carbons (Fsp3) is 0.280. The average molecular weight is 585 g/mol. The molecule has 0 atom stereocenters. The maximum atomic E-state index is 13.1. The number of carbonyl (C=O) groups excluding carboxylic acids is 1. The minimum atomic E-state index is -0.536. The number of halogens is 2. The first-order valence-corrected chi connectivity index (χ1v) is 13.1. The van der Waals surface area contributed by atoms with E-state index in [4.69, 9.17) is 38.3 Å². The number of hydrazone groups is 1. The second-order valence-electron chi connectivity index (χ2n) is 9.15. The van der Waals surface area contributed by atoms with Gasteiger partial charge in [-0.25, -0.2) is 10.1 Å². The summed E-state index contributed by atoms with van der Waals surface area (Å²) in [5.41, 5.74) is 10.5. The zero-order chi connectivity index (χ0) is 28.1. The zero-order valence-corrected chi connectivity index (χ0v) is 23.0. The molecule has 2 aromatic heterocycles. The van der Waals surface area contributed by atoms with E-state index in [0.717, 1.165) is 31.7 Å². The highest BCUT2D eigenvalue weighted by Crippen LogP contribution is 2.23. The number of nitrogens with zero attached hydrogens (tertiary/aromatic N) is 8. The Morgan fingerprint density at radius 1 is 1.18 bits per heavy atom. The predicted molar refractivity (Wildman–Crippen MR) is 149 cm³/mol. The van der Waals surface area contributed by atoms with Gasteiger partial charge in [0.1, 0.15) is 12.4 Å². The molecule has 0 saturated carbocycles. The summed E-state index contributed by atoms with van der Waals surface area (Å²) in [5, 5.41) is 20.8. The first kappa shape index (κ1) is 27.5.